The summed E-state index contributed by atoms with van der Waals surface area (Å²) < 4.78 is 0. The molecule has 0 aliphatic carbocycles. The van der Waals surface area contributed by atoms with Gasteiger partial charge in [-0.25, -0.2) is 0 Å². The number of Topliss-reactive ketones (excluding diaryl/α,β-unsaturated/α-hetero) is 1. The van der Waals surface area contributed by atoms with Gasteiger partial charge >= 0.3 is 0 Å². The highest BCUT2D eigenvalue weighted by Crippen LogP contribution is 2.08. The largest absolute Gasteiger partial charge is 0.299 e. The molecule has 0 saturated heterocycles. The molecular formula is C12H21O2. The summed E-state index contributed by atoms with van der Waals surface area (Å²) >= 11 is 0. The minimum atomic E-state index is -0.0180. The second kappa shape index (κ2) is 10.4. The van der Waals surface area contributed by atoms with E-state index in [-0.39, 0.29) is 12.2 Å². The van der Waals surface area contributed by atoms with Crippen LogP contribution in [0.1, 0.15) is 64.7 Å². The summed E-state index contributed by atoms with van der Waals surface area (Å²) in [5, 5.41) is 0. The molecule has 0 aromatic heterocycles. The highest BCUT2D eigenvalue weighted by atomic mass is 16.1. The van der Waals surface area contributed by atoms with Crippen molar-refractivity contribution < 1.29 is 9.59 Å². The first kappa shape index (κ1) is 13.3. The van der Waals surface area contributed by atoms with E-state index in [0.29, 0.717) is 6.42 Å². The smallest absolute Gasteiger partial charge is 0.206 e. The molecule has 0 heterocycles. The molecular weight excluding hydrogens is 176 g/mol. The molecule has 1 radical (unpaired) electrons. The van der Waals surface area contributed by atoms with Crippen LogP contribution in [-0.4, -0.2) is 12.1 Å². The Balaban J connectivity index is 3.05. The second-order valence-corrected chi connectivity index (χ2v) is 3.73. The molecule has 0 N–H and O–H groups in total. The van der Waals surface area contributed by atoms with Crippen molar-refractivity contribution in [2.75, 3.05) is 0 Å². The Hall–Kier alpha value is -0.660. The number of ketones is 1. The lowest BCUT2D eigenvalue weighted by Crippen LogP contribution is -1.97. The van der Waals surface area contributed by atoms with Gasteiger partial charge in [0.2, 0.25) is 6.29 Å². The van der Waals surface area contributed by atoms with Crippen LogP contribution in [-0.2, 0) is 9.59 Å². The predicted molar refractivity (Wildman–Crippen MR) is 57.9 cm³/mol. The number of hydrogen-bond acceptors (Lipinski definition) is 2. The van der Waals surface area contributed by atoms with E-state index in [2.05, 4.69) is 6.92 Å². The first-order valence-electron chi connectivity index (χ1n) is 5.68. The van der Waals surface area contributed by atoms with Gasteiger partial charge in [0, 0.05) is 6.42 Å². The molecule has 0 aromatic rings. The van der Waals surface area contributed by atoms with Crippen molar-refractivity contribution in [3.8, 4) is 0 Å². The third-order valence-electron chi connectivity index (χ3n) is 2.33. The fraction of sp³-hybridized carbons (Fsp3) is 0.833. The number of hydrogen-bond donors (Lipinski definition) is 0. The monoisotopic (exact) mass is 197 g/mol. The molecule has 0 saturated carbocycles. The molecule has 0 aliphatic heterocycles. The van der Waals surface area contributed by atoms with Crippen molar-refractivity contribution >= 4 is 12.1 Å². The average Bonchev–Trinajstić information content (AvgIpc) is 2.17. The number of carbonyl (C=O) groups excluding carboxylic acids is 2. The van der Waals surface area contributed by atoms with E-state index in [0.717, 1.165) is 12.8 Å². The maximum atomic E-state index is 10.9. The Morgan fingerprint density at radius 3 is 2.14 bits per heavy atom. The van der Waals surface area contributed by atoms with Crippen LogP contribution in [0.3, 0.4) is 0 Å². The van der Waals surface area contributed by atoms with Gasteiger partial charge < -0.3 is 0 Å². The van der Waals surface area contributed by atoms with Crippen LogP contribution in [0.25, 0.3) is 0 Å². The van der Waals surface area contributed by atoms with Gasteiger partial charge in [0.15, 0.2) is 0 Å². The SMILES string of the molecule is CCCCCCCCCC(=O)C[C]=O. The minimum absolute atomic E-state index is 0.0180. The Morgan fingerprint density at radius 2 is 1.57 bits per heavy atom. The summed E-state index contributed by atoms with van der Waals surface area (Å²) in [6, 6.07) is 0. The summed E-state index contributed by atoms with van der Waals surface area (Å²) in [6.45, 7) is 2.20. The van der Waals surface area contributed by atoms with Gasteiger partial charge in [0.1, 0.15) is 5.78 Å². The van der Waals surface area contributed by atoms with Crippen LogP contribution < -0.4 is 0 Å². The number of rotatable bonds is 10. The van der Waals surface area contributed by atoms with Crippen molar-refractivity contribution in [2.45, 2.75) is 64.7 Å². The van der Waals surface area contributed by atoms with E-state index < -0.39 is 0 Å². The standard InChI is InChI=1S/C12H21O2/c1-2-3-4-5-6-7-8-9-12(14)10-11-13/h2-10H2,1H3. The van der Waals surface area contributed by atoms with Crippen molar-refractivity contribution in [1.29, 1.82) is 0 Å². The quantitative estimate of drug-likeness (QED) is 0.398. The van der Waals surface area contributed by atoms with Gasteiger partial charge in [0.05, 0.1) is 6.42 Å². The molecule has 0 spiro atoms. The molecule has 0 unspecified atom stereocenters. The van der Waals surface area contributed by atoms with Crippen LogP contribution in [0.4, 0.5) is 0 Å². The molecule has 2 nitrogen and oxygen atoms in total. The van der Waals surface area contributed by atoms with E-state index in [1.165, 1.54) is 32.1 Å². The summed E-state index contributed by atoms with van der Waals surface area (Å²) in [5.74, 6) is 0.0357. The number of unbranched alkanes of at least 4 members (excludes halogenated alkanes) is 6. The lowest BCUT2D eigenvalue weighted by Gasteiger charge is -1.99. The van der Waals surface area contributed by atoms with Crippen LogP contribution >= 0.6 is 0 Å². The molecule has 0 amide bonds. The zero-order valence-corrected chi connectivity index (χ0v) is 9.18. The second-order valence-electron chi connectivity index (χ2n) is 3.73. The van der Waals surface area contributed by atoms with Crippen molar-refractivity contribution in [3.05, 3.63) is 0 Å². The highest BCUT2D eigenvalue weighted by Gasteiger charge is 2.00. The van der Waals surface area contributed by atoms with Gasteiger partial charge in [0.25, 0.3) is 0 Å². The van der Waals surface area contributed by atoms with Crippen molar-refractivity contribution in [1.82, 2.24) is 0 Å². The molecule has 14 heavy (non-hydrogen) atoms. The van der Waals surface area contributed by atoms with Gasteiger partial charge in [-0.2, -0.15) is 0 Å². The maximum absolute atomic E-state index is 10.9. The van der Waals surface area contributed by atoms with E-state index in [4.69, 9.17) is 0 Å². The topological polar surface area (TPSA) is 34.1 Å². The zero-order chi connectivity index (χ0) is 10.6. The van der Waals surface area contributed by atoms with E-state index in [9.17, 15) is 9.59 Å². The van der Waals surface area contributed by atoms with E-state index in [1.54, 1.807) is 6.29 Å². The molecule has 81 valence electrons. The lowest BCUT2D eigenvalue weighted by molar-refractivity contribution is -0.118. The van der Waals surface area contributed by atoms with Crippen LogP contribution in [0, 0.1) is 0 Å². The van der Waals surface area contributed by atoms with Crippen LogP contribution in [0.2, 0.25) is 0 Å². The maximum Gasteiger partial charge on any atom is 0.206 e. The third-order valence-corrected chi connectivity index (χ3v) is 2.33. The first-order chi connectivity index (χ1) is 6.81. The Labute approximate surface area is 87.1 Å². The fourth-order valence-electron chi connectivity index (χ4n) is 1.45. The van der Waals surface area contributed by atoms with Gasteiger partial charge in [-0.1, -0.05) is 45.4 Å². The summed E-state index contributed by atoms with van der Waals surface area (Å²) in [7, 11) is 0. The Morgan fingerprint density at radius 1 is 1.00 bits per heavy atom. The third kappa shape index (κ3) is 9.43. The highest BCUT2D eigenvalue weighted by molar-refractivity contribution is 5.89. The average molecular weight is 197 g/mol. The van der Waals surface area contributed by atoms with Crippen LogP contribution in [0.15, 0.2) is 0 Å². The van der Waals surface area contributed by atoms with E-state index >= 15 is 0 Å². The van der Waals surface area contributed by atoms with Gasteiger partial charge in [-0.05, 0) is 6.42 Å². The first-order valence-corrected chi connectivity index (χ1v) is 5.68. The normalized spacial score (nSPS) is 10.1. The molecule has 0 bridgehead atoms. The van der Waals surface area contributed by atoms with E-state index in [1.807, 2.05) is 0 Å². The zero-order valence-electron chi connectivity index (χ0n) is 9.18. The molecule has 0 fully saturated rings. The summed E-state index contributed by atoms with van der Waals surface area (Å²) in [4.78, 5) is 20.8. The summed E-state index contributed by atoms with van der Waals surface area (Å²) in [5.41, 5.74) is 0. The Kier molecular flexibility index (Phi) is 9.93. The van der Waals surface area contributed by atoms with Gasteiger partial charge in [-0.3, -0.25) is 9.59 Å². The number of carbonyl (C=O) groups is 1. The summed E-state index contributed by atoms with van der Waals surface area (Å²) in [6.07, 6.45) is 10.6. The fourth-order valence-corrected chi connectivity index (χ4v) is 1.45. The predicted octanol–water partition coefficient (Wildman–Crippen LogP) is 3.20. The van der Waals surface area contributed by atoms with Crippen molar-refractivity contribution in [3.63, 3.8) is 0 Å². The Bertz CT molecular complexity index is 152. The van der Waals surface area contributed by atoms with Crippen LogP contribution in [0.5, 0.6) is 0 Å². The van der Waals surface area contributed by atoms with Crippen molar-refractivity contribution in [2.24, 2.45) is 0 Å². The molecule has 0 aliphatic rings. The molecule has 0 rings (SSSR count). The van der Waals surface area contributed by atoms with Gasteiger partial charge in [-0.15, -0.1) is 0 Å². The molecule has 0 aromatic carbocycles. The molecule has 0 atom stereocenters. The minimum Gasteiger partial charge on any atom is -0.299 e. The lowest BCUT2D eigenvalue weighted by atomic mass is 10.1. The molecule has 2 heteroatoms.